The molecule has 1 aromatic heterocycles. The van der Waals surface area contributed by atoms with Crippen molar-refractivity contribution in [2.45, 2.75) is 32.8 Å². The standard InChI is InChI=1S/C14H21N3O3/c1-8(14(18)19)12-9(2)15-13(16-10(12)3)11-7-17(4)5-6-20-11/h8,11H,5-7H2,1-4H3,(H,18,19). The predicted octanol–water partition coefficient (Wildman–Crippen LogP) is 1.28. The smallest absolute Gasteiger partial charge is 0.310 e. The zero-order valence-electron chi connectivity index (χ0n) is 12.4. The van der Waals surface area contributed by atoms with E-state index >= 15 is 0 Å². The first-order chi connectivity index (χ1) is 9.40. The first-order valence-electron chi connectivity index (χ1n) is 6.78. The zero-order valence-corrected chi connectivity index (χ0v) is 12.4. The Morgan fingerprint density at radius 1 is 1.40 bits per heavy atom. The second kappa shape index (κ2) is 5.85. The van der Waals surface area contributed by atoms with Crippen molar-refractivity contribution < 1.29 is 14.6 Å². The van der Waals surface area contributed by atoms with Gasteiger partial charge in [0.1, 0.15) is 6.10 Å². The lowest BCUT2D eigenvalue weighted by molar-refractivity contribution is -0.138. The van der Waals surface area contributed by atoms with Crippen LogP contribution < -0.4 is 0 Å². The highest BCUT2D eigenvalue weighted by Gasteiger charge is 2.26. The molecule has 6 nitrogen and oxygen atoms in total. The molecule has 1 aromatic rings. The molecule has 1 N–H and O–H groups in total. The number of aryl methyl sites for hydroxylation is 2. The lowest BCUT2D eigenvalue weighted by atomic mass is 9.98. The van der Waals surface area contributed by atoms with Crippen molar-refractivity contribution in [3.63, 3.8) is 0 Å². The molecule has 2 unspecified atom stereocenters. The molecule has 0 aliphatic carbocycles. The molecule has 0 bridgehead atoms. The topological polar surface area (TPSA) is 75.5 Å². The Kier molecular flexibility index (Phi) is 4.35. The molecule has 6 heteroatoms. The first kappa shape index (κ1) is 14.9. The summed E-state index contributed by atoms with van der Waals surface area (Å²) in [6.07, 6.45) is -0.139. The molecule has 1 aliphatic heterocycles. The Hall–Kier alpha value is -1.53. The van der Waals surface area contributed by atoms with Crippen LogP contribution in [0.1, 0.15) is 41.7 Å². The number of morpholine rings is 1. The van der Waals surface area contributed by atoms with Crippen molar-refractivity contribution in [3.05, 3.63) is 22.8 Å². The molecule has 0 saturated carbocycles. The number of likely N-dealkylation sites (N-methyl/N-ethyl adjacent to an activating group) is 1. The molecule has 0 aromatic carbocycles. The van der Waals surface area contributed by atoms with Crippen LogP contribution in [-0.4, -0.2) is 52.7 Å². The third-order valence-electron chi connectivity index (χ3n) is 3.71. The van der Waals surface area contributed by atoms with Gasteiger partial charge in [-0.1, -0.05) is 0 Å². The third kappa shape index (κ3) is 2.96. The molecule has 0 amide bonds. The van der Waals surface area contributed by atoms with E-state index in [1.807, 2.05) is 20.9 Å². The quantitative estimate of drug-likeness (QED) is 0.898. The molecule has 0 spiro atoms. The summed E-state index contributed by atoms with van der Waals surface area (Å²) in [6, 6.07) is 0. The van der Waals surface area contributed by atoms with Crippen molar-refractivity contribution in [1.29, 1.82) is 0 Å². The van der Waals surface area contributed by atoms with Crippen molar-refractivity contribution in [2.24, 2.45) is 0 Å². The number of carbonyl (C=O) groups is 1. The maximum Gasteiger partial charge on any atom is 0.310 e. The molecule has 1 aliphatic rings. The van der Waals surface area contributed by atoms with Gasteiger partial charge in [0.25, 0.3) is 0 Å². The van der Waals surface area contributed by atoms with Crippen molar-refractivity contribution >= 4 is 5.97 Å². The minimum atomic E-state index is -0.860. The van der Waals surface area contributed by atoms with E-state index in [2.05, 4.69) is 14.9 Å². The van der Waals surface area contributed by atoms with Crippen molar-refractivity contribution in [2.75, 3.05) is 26.7 Å². The monoisotopic (exact) mass is 279 g/mol. The number of hydrogen-bond donors (Lipinski definition) is 1. The van der Waals surface area contributed by atoms with Gasteiger partial charge in [0.2, 0.25) is 0 Å². The summed E-state index contributed by atoms with van der Waals surface area (Å²) in [5, 5.41) is 9.15. The number of carboxylic acids is 1. The van der Waals surface area contributed by atoms with Crippen LogP contribution in [0.2, 0.25) is 0 Å². The number of aliphatic carboxylic acids is 1. The first-order valence-corrected chi connectivity index (χ1v) is 6.78. The highest BCUT2D eigenvalue weighted by molar-refractivity contribution is 5.76. The van der Waals surface area contributed by atoms with E-state index in [0.29, 0.717) is 18.0 Å². The van der Waals surface area contributed by atoms with E-state index in [1.165, 1.54) is 0 Å². The van der Waals surface area contributed by atoms with Gasteiger partial charge in [0, 0.05) is 30.0 Å². The van der Waals surface area contributed by atoms with Crippen LogP contribution in [0.15, 0.2) is 0 Å². The average Bonchev–Trinajstić information content (AvgIpc) is 2.37. The summed E-state index contributed by atoms with van der Waals surface area (Å²) >= 11 is 0. The number of hydrogen-bond acceptors (Lipinski definition) is 5. The number of ether oxygens (including phenoxy) is 1. The molecule has 1 fully saturated rings. The number of nitrogens with zero attached hydrogens (tertiary/aromatic N) is 3. The number of aromatic nitrogens is 2. The molecule has 20 heavy (non-hydrogen) atoms. The lowest BCUT2D eigenvalue weighted by Crippen LogP contribution is -2.36. The largest absolute Gasteiger partial charge is 0.481 e. The second-order valence-corrected chi connectivity index (χ2v) is 5.35. The Morgan fingerprint density at radius 2 is 2.00 bits per heavy atom. The maximum atomic E-state index is 11.1. The molecule has 2 atom stereocenters. The fourth-order valence-electron chi connectivity index (χ4n) is 2.58. The van der Waals surface area contributed by atoms with E-state index in [4.69, 9.17) is 9.84 Å². The molecule has 2 heterocycles. The molecular weight excluding hydrogens is 258 g/mol. The molecule has 2 rings (SSSR count). The van der Waals surface area contributed by atoms with Crippen LogP contribution in [0.4, 0.5) is 0 Å². The second-order valence-electron chi connectivity index (χ2n) is 5.35. The summed E-state index contributed by atoms with van der Waals surface area (Å²) in [4.78, 5) is 22.3. The van der Waals surface area contributed by atoms with Gasteiger partial charge < -0.3 is 14.7 Å². The maximum absolute atomic E-state index is 11.1. The SMILES string of the molecule is Cc1nc(C2CN(C)CCO2)nc(C)c1C(C)C(=O)O. The highest BCUT2D eigenvalue weighted by atomic mass is 16.5. The van der Waals surface area contributed by atoms with Gasteiger partial charge >= 0.3 is 5.97 Å². The molecule has 1 saturated heterocycles. The van der Waals surface area contributed by atoms with Gasteiger partial charge in [-0.05, 0) is 27.8 Å². The summed E-state index contributed by atoms with van der Waals surface area (Å²) in [5.41, 5.74) is 2.14. The molecule has 0 radical (unpaired) electrons. The van der Waals surface area contributed by atoms with E-state index in [1.54, 1.807) is 6.92 Å². The van der Waals surface area contributed by atoms with Crippen LogP contribution in [0.25, 0.3) is 0 Å². The van der Waals surface area contributed by atoms with Crippen molar-refractivity contribution in [1.82, 2.24) is 14.9 Å². The van der Waals surface area contributed by atoms with Gasteiger partial charge in [-0.25, -0.2) is 9.97 Å². The van der Waals surface area contributed by atoms with E-state index in [0.717, 1.165) is 24.5 Å². The van der Waals surface area contributed by atoms with E-state index in [-0.39, 0.29) is 6.10 Å². The minimum Gasteiger partial charge on any atom is -0.481 e. The fraction of sp³-hybridized carbons (Fsp3) is 0.643. The summed E-state index contributed by atoms with van der Waals surface area (Å²) in [7, 11) is 2.04. The zero-order chi connectivity index (χ0) is 14.9. The highest BCUT2D eigenvalue weighted by Crippen LogP contribution is 2.25. The Bertz CT molecular complexity index is 495. The van der Waals surface area contributed by atoms with E-state index < -0.39 is 11.9 Å². The lowest BCUT2D eigenvalue weighted by Gasteiger charge is -2.29. The summed E-state index contributed by atoms with van der Waals surface area (Å²) in [6.45, 7) is 7.65. The van der Waals surface area contributed by atoms with Crippen molar-refractivity contribution in [3.8, 4) is 0 Å². The van der Waals surface area contributed by atoms with Gasteiger partial charge in [-0.15, -0.1) is 0 Å². The third-order valence-corrected chi connectivity index (χ3v) is 3.71. The fourth-order valence-corrected chi connectivity index (χ4v) is 2.58. The van der Waals surface area contributed by atoms with Gasteiger partial charge in [0.15, 0.2) is 5.82 Å². The average molecular weight is 279 g/mol. The number of carboxylic acid groups (broad SMARTS) is 1. The molecular formula is C14H21N3O3. The van der Waals surface area contributed by atoms with Gasteiger partial charge in [-0.3, -0.25) is 4.79 Å². The van der Waals surface area contributed by atoms with Gasteiger partial charge in [-0.2, -0.15) is 0 Å². The minimum absolute atomic E-state index is 0.139. The Labute approximate surface area is 118 Å². The predicted molar refractivity (Wildman–Crippen MR) is 73.7 cm³/mol. The normalized spacial score (nSPS) is 21.7. The Morgan fingerprint density at radius 3 is 2.50 bits per heavy atom. The van der Waals surface area contributed by atoms with Crippen LogP contribution in [-0.2, 0) is 9.53 Å². The van der Waals surface area contributed by atoms with E-state index in [9.17, 15) is 4.79 Å². The number of rotatable bonds is 3. The summed E-state index contributed by atoms with van der Waals surface area (Å²) in [5.74, 6) is -0.812. The van der Waals surface area contributed by atoms with Crippen LogP contribution in [0.5, 0.6) is 0 Å². The van der Waals surface area contributed by atoms with Crippen LogP contribution >= 0.6 is 0 Å². The summed E-state index contributed by atoms with van der Waals surface area (Å²) < 4.78 is 5.71. The van der Waals surface area contributed by atoms with Crippen LogP contribution in [0, 0.1) is 13.8 Å². The van der Waals surface area contributed by atoms with Gasteiger partial charge in [0.05, 0.1) is 12.5 Å². The molecule has 110 valence electrons. The Balaban J connectivity index is 2.32. The van der Waals surface area contributed by atoms with Crippen LogP contribution in [0.3, 0.4) is 0 Å².